The molecule has 0 bridgehead atoms. The summed E-state index contributed by atoms with van der Waals surface area (Å²) in [6.07, 6.45) is -4.80. The summed E-state index contributed by atoms with van der Waals surface area (Å²) in [5.41, 5.74) is -2.42. The van der Waals surface area contributed by atoms with Gasteiger partial charge in [-0.05, 0) is 43.3 Å². The summed E-state index contributed by atoms with van der Waals surface area (Å²) in [7, 11) is -4.70. The van der Waals surface area contributed by atoms with E-state index in [2.05, 4.69) is 10.3 Å². The first-order chi connectivity index (χ1) is 14.3. The van der Waals surface area contributed by atoms with Crippen LogP contribution >= 0.6 is 23.2 Å². The average molecular weight is 497 g/mol. The molecule has 3 aromatic rings. The van der Waals surface area contributed by atoms with Gasteiger partial charge in [0.05, 0.1) is 16.9 Å². The monoisotopic (exact) mass is 496 g/mol. The molecule has 2 aromatic carbocycles. The minimum atomic E-state index is -4.80. The highest BCUT2D eigenvalue weighted by atomic mass is 35.5. The Morgan fingerprint density at radius 3 is 2.35 bits per heavy atom. The molecule has 1 N–H and O–H groups in total. The maximum Gasteiger partial charge on any atom is 0.418 e. The summed E-state index contributed by atoms with van der Waals surface area (Å²) in [5.74, 6) is -2.49. The molecule has 0 saturated heterocycles. The summed E-state index contributed by atoms with van der Waals surface area (Å²) in [4.78, 5) is 11.5. The highest BCUT2D eigenvalue weighted by Gasteiger charge is 2.35. The van der Waals surface area contributed by atoms with Crippen molar-refractivity contribution in [2.75, 3.05) is 0 Å². The molecular formula is C17H10Cl2F4N4O3S. The lowest BCUT2D eigenvalue weighted by atomic mass is 10.1. The SMILES string of the molecule is Cc1c(C(=O)NS(=O)(=O)c2cc(Cl)ccc2F)nnn1-c1ccc(Cl)cc1C(F)(F)F. The van der Waals surface area contributed by atoms with E-state index < -0.39 is 49.8 Å². The number of sulfonamides is 1. The summed E-state index contributed by atoms with van der Waals surface area (Å²) < 4.78 is 81.0. The van der Waals surface area contributed by atoms with Crippen LogP contribution in [0.25, 0.3) is 5.69 Å². The second-order valence-electron chi connectivity index (χ2n) is 6.10. The van der Waals surface area contributed by atoms with Crippen molar-refractivity contribution in [3.8, 4) is 5.69 Å². The van der Waals surface area contributed by atoms with Crippen molar-refractivity contribution in [2.45, 2.75) is 18.0 Å². The molecule has 1 aromatic heterocycles. The zero-order valence-corrected chi connectivity index (χ0v) is 17.5. The zero-order chi connectivity index (χ0) is 23.1. The van der Waals surface area contributed by atoms with Gasteiger partial charge in [0.1, 0.15) is 10.7 Å². The highest BCUT2D eigenvalue weighted by Crippen LogP contribution is 2.35. The Kier molecular flexibility index (Phi) is 6.00. The first-order valence-electron chi connectivity index (χ1n) is 8.13. The molecule has 0 unspecified atom stereocenters. The van der Waals surface area contributed by atoms with Crippen LogP contribution in [0.3, 0.4) is 0 Å². The first kappa shape index (κ1) is 23.0. The number of nitrogens with one attached hydrogen (secondary N) is 1. The second-order valence-corrected chi connectivity index (χ2v) is 8.63. The third-order valence-electron chi connectivity index (χ3n) is 4.01. The van der Waals surface area contributed by atoms with Gasteiger partial charge in [-0.15, -0.1) is 5.10 Å². The molecule has 0 aliphatic heterocycles. The highest BCUT2D eigenvalue weighted by molar-refractivity contribution is 7.90. The zero-order valence-electron chi connectivity index (χ0n) is 15.2. The molecule has 0 fully saturated rings. The molecule has 0 aliphatic carbocycles. The van der Waals surface area contributed by atoms with Gasteiger partial charge in [0.25, 0.3) is 15.9 Å². The number of alkyl halides is 3. The van der Waals surface area contributed by atoms with Crippen molar-refractivity contribution in [1.29, 1.82) is 0 Å². The molecule has 14 heteroatoms. The summed E-state index contributed by atoms with van der Waals surface area (Å²) in [5, 5.41) is 6.71. The van der Waals surface area contributed by atoms with E-state index >= 15 is 0 Å². The number of amides is 1. The normalized spacial score (nSPS) is 12.1. The lowest BCUT2D eigenvalue weighted by Gasteiger charge is -2.14. The Morgan fingerprint density at radius 2 is 1.71 bits per heavy atom. The fourth-order valence-electron chi connectivity index (χ4n) is 2.60. The molecule has 1 heterocycles. The van der Waals surface area contributed by atoms with Gasteiger partial charge < -0.3 is 0 Å². The van der Waals surface area contributed by atoms with Crippen LogP contribution < -0.4 is 4.72 Å². The number of carbonyl (C=O) groups is 1. The van der Waals surface area contributed by atoms with Gasteiger partial charge in [-0.1, -0.05) is 28.4 Å². The molecule has 1 amide bonds. The molecule has 7 nitrogen and oxygen atoms in total. The number of hydrogen-bond acceptors (Lipinski definition) is 5. The van der Waals surface area contributed by atoms with E-state index in [0.717, 1.165) is 24.3 Å². The van der Waals surface area contributed by atoms with Crippen molar-refractivity contribution < 1.29 is 30.8 Å². The first-order valence-corrected chi connectivity index (χ1v) is 10.4. The molecule has 0 spiro atoms. The van der Waals surface area contributed by atoms with Crippen molar-refractivity contribution in [3.05, 3.63) is 69.2 Å². The molecule has 0 atom stereocenters. The van der Waals surface area contributed by atoms with Gasteiger partial charge in [-0.25, -0.2) is 22.2 Å². The molecule has 0 saturated carbocycles. The number of halogens is 6. The van der Waals surface area contributed by atoms with E-state index in [4.69, 9.17) is 23.2 Å². The van der Waals surface area contributed by atoms with Gasteiger partial charge in [0, 0.05) is 10.0 Å². The van der Waals surface area contributed by atoms with Crippen LogP contribution in [0.5, 0.6) is 0 Å². The number of hydrogen-bond donors (Lipinski definition) is 1. The lowest BCUT2D eigenvalue weighted by Crippen LogP contribution is -2.32. The van der Waals surface area contributed by atoms with Gasteiger partial charge in [0.15, 0.2) is 5.69 Å². The van der Waals surface area contributed by atoms with E-state index in [9.17, 15) is 30.8 Å². The van der Waals surface area contributed by atoms with Crippen LogP contribution in [0.4, 0.5) is 17.6 Å². The van der Waals surface area contributed by atoms with Crippen LogP contribution in [0, 0.1) is 12.7 Å². The van der Waals surface area contributed by atoms with Crippen molar-refractivity contribution in [3.63, 3.8) is 0 Å². The molecular weight excluding hydrogens is 487 g/mol. The molecule has 3 rings (SSSR count). The fraction of sp³-hybridized carbons (Fsp3) is 0.118. The Morgan fingerprint density at radius 1 is 1.10 bits per heavy atom. The Hall–Kier alpha value is -2.70. The smallest absolute Gasteiger partial charge is 0.266 e. The van der Waals surface area contributed by atoms with Crippen LogP contribution in [0.2, 0.25) is 10.0 Å². The number of benzene rings is 2. The van der Waals surface area contributed by atoms with Gasteiger partial charge >= 0.3 is 6.18 Å². The van der Waals surface area contributed by atoms with Crippen molar-refractivity contribution in [1.82, 2.24) is 19.7 Å². The topological polar surface area (TPSA) is 93.9 Å². The molecule has 164 valence electrons. The summed E-state index contributed by atoms with van der Waals surface area (Å²) in [6.45, 7) is 1.20. The number of aromatic nitrogens is 3. The van der Waals surface area contributed by atoms with Gasteiger partial charge in [-0.3, -0.25) is 4.79 Å². The predicted octanol–water partition coefficient (Wildman–Crippen LogP) is 4.16. The van der Waals surface area contributed by atoms with E-state index in [0.29, 0.717) is 10.7 Å². The second kappa shape index (κ2) is 8.09. The quantitative estimate of drug-likeness (QED) is 0.547. The van der Waals surface area contributed by atoms with Crippen LogP contribution in [0.15, 0.2) is 41.3 Å². The fourth-order valence-corrected chi connectivity index (χ4v) is 4.06. The molecule has 31 heavy (non-hydrogen) atoms. The largest absolute Gasteiger partial charge is 0.418 e. The van der Waals surface area contributed by atoms with Crippen LogP contribution in [-0.4, -0.2) is 29.3 Å². The Labute approximate surface area is 182 Å². The number of carbonyl (C=O) groups excluding carboxylic acids is 1. The third kappa shape index (κ3) is 4.65. The van der Waals surface area contributed by atoms with E-state index in [1.54, 1.807) is 4.72 Å². The van der Waals surface area contributed by atoms with Gasteiger partial charge in [0.2, 0.25) is 0 Å². The standard InChI is InChI=1S/C17H10Cl2F4N4O3S/c1-8-15(16(28)25-31(29,30)14-7-10(19)2-4-12(14)20)24-26-27(8)13-5-3-9(18)6-11(13)17(21,22)23/h2-7H,1H3,(H,25,28). The van der Waals surface area contributed by atoms with Gasteiger partial charge in [-0.2, -0.15) is 13.2 Å². The van der Waals surface area contributed by atoms with Crippen LogP contribution in [0.1, 0.15) is 21.7 Å². The van der Waals surface area contributed by atoms with E-state index in [1.807, 2.05) is 0 Å². The average Bonchev–Trinajstić information content (AvgIpc) is 3.04. The maximum atomic E-state index is 13.9. The Balaban J connectivity index is 1.99. The number of nitrogens with zero attached hydrogens (tertiary/aromatic N) is 3. The third-order valence-corrected chi connectivity index (χ3v) is 5.83. The summed E-state index contributed by atoms with van der Waals surface area (Å²) >= 11 is 11.3. The lowest BCUT2D eigenvalue weighted by molar-refractivity contribution is -0.137. The molecule has 0 aliphatic rings. The summed E-state index contributed by atoms with van der Waals surface area (Å²) in [6, 6.07) is 5.57. The van der Waals surface area contributed by atoms with E-state index in [1.165, 1.54) is 13.0 Å². The maximum absolute atomic E-state index is 13.9. The van der Waals surface area contributed by atoms with Crippen molar-refractivity contribution in [2.24, 2.45) is 0 Å². The Bertz CT molecular complexity index is 1290. The van der Waals surface area contributed by atoms with Crippen molar-refractivity contribution >= 4 is 39.1 Å². The minimum Gasteiger partial charge on any atom is -0.266 e. The number of rotatable bonds is 4. The van der Waals surface area contributed by atoms with E-state index in [-0.39, 0.29) is 15.7 Å². The molecule has 0 radical (unpaired) electrons. The minimum absolute atomic E-state index is 0.0984. The predicted molar refractivity (Wildman–Crippen MR) is 102 cm³/mol. The van der Waals surface area contributed by atoms with Crippen LogP contribution in [-0.2, 0) is 16.2 Å².